The van der Waals surface area contributed by atoms with Crippen molar-refractivity contribution in [3.63, 3.8) is 0 Å². The molecule has 0 spiro atoms. The normalized spacial score (nSPS) is 12.0. The van der Waals surface area contributed by atoms with Crippen LogP contribution in [0.25, 0.3) is 0 Å². The molecule has 3 aromatic rings. The molecule has 0 saturated carbocycles. The SMILES string of the molecule is Cc1ccccc1C(CC(=O)c1cc(C)c(O)c(C)c1)c1ccc(Br)cc1. The maximum atomic E-state index is 13.1. The highest BCUT2D eigenvalue weighted by atomic mass is 79.9. The minimum Gasteiger partial charge on any atom is -0.507 e. The van der Waals surface area contributed by atoms with Crippen LogP contribution in [0, 0.1) is 20.8 Å². The third-order valence-corrected chi connectivity index (χ3v) is 5.57. The van der Waals surface area contributed by atoms with Crippen molar-refractivity contribution in [3.8, 4) is 5.75 Å². The Morgan fingerprint density at radius 1 is 0.926 bits per heavy atom. The summed E-state index contributed by atoms with van der Waals surface area (Å²) in [4.78, 5) is 13.1. The van der Waals surface area contributed by atoms with Crippen molar-refractivity contribution in [3.05, 3.63) is 98.5 Å². The van der Waals surface area contributed by atoms with Crippen LogP contribution in [0.3, 0.4) is 0 Å². The number of hydrogen-bond donors (Lipinski definition) is 1. The van der Waals surface area contributed by atoms with Gasteiger partial charge in [0.05, 0.1) is 0 Å². The van der Waals surface area contributed by atoms with E-state index < -0.39 is 0 Å². The van der Waals surface area contributed by atoms with E-state index in [0.29, 0.717) is 12.0 Å². The molecule has 0 saturated heterocycles. The predicted molar refractivity (Wildman–Crippen MR) is 114 cm³/mol. The molecule has 1 unspecified atom stereocenters. The molecule has 0 aliphatic carbocycles. The molecule has 3 aromatic carbocycles. The molecule has 0 fully saturated rings. The maximum Gasteiger partial charge on any atom is 0.163 e. The molecule has 0 radical (unpaired) electrons. The van der Waals surface area contributed by atoms with Gasteiger partial charge in [-0.15, -0.1) is 0 Å². The molecule has 0 bridgehead atoms. The first-order valence-electron chi connectivity index (χ1n) is 9.01. The second kappa shape index (κ2) is 8.10. The third kappa shape index (κ3) is 4.30. The van der Waals surface area contributed by atoms with Crippen molar-refractivity contribution in [2.24, 2.45) is 0 Å². The molecule has 0 heterocycles. The number of rotatable bonds is 5. The Kier molecular flexibility index (Phi) is 5.81. The van der Waals surface area contributed by atoms with Gasteiger partial charge in [-0.25, -0.2) is 0 Å². The molecule has 3 rings (SSSR count). The first-order chi connectivity index (χ1) is 12.9. The lowest BCUT2D eigenvalue weighted by molar-refractivity contribution is 0.0977. The molecule has 1 atom stereocenters. The van der Waals surface area contributed by atoms with E-state index in [2.05, 4.69) is 47.1 Å². The van der Waals surface area contributed by atoms with Gasteiger partial charge in [0.15, 0.2) is 5.78 Å². The van der Waals surface area contributed by atoms with E-state index in [1.165, 1.54) is 11.1 Å². The smallest absolute Gasteiger partial charge is 0.163 e. The second-order valence-electron chi connectivity index (χ2n) is 7.05. The molecule has 3 heteroatoms. The van der Waals surface area contributed by atoms with Crippen LogP contribution in [0.5, 0.6) is 5.75 Å². The Labute approximate surface area is 169 Å². The van der Waals surface area contributed by atoms with Gasteiger partial charge in [0, 0.05) is 22.4 Å². The Bertz CT molecular complexity index is 951. The zero-order valence-corrected chi connectivity index (χ0v) is 17.4. The molecule has 1 N–H and O–H groups in total. The molecular weight excluding hydrogens is 400 g/mol. The highest BCUT2D eigenvalue weighted by molar-refractivity contribution is 9.10. The van der Waals surface area contributed by atoms with Crippen LogP contribution in [0.4, 0.5) is 0 Å². The number of phenols is 1. The number of carbonyl (C=O) groups excluding carboxylic acids is 1. The summed E-state index contributed by atoms with van der Waals surface area (Å²) in [5.74, 6) is 0.327. The molecule has 27 heavy (non-hydrogen) atoms. The maximum absolute atomic E-state index is 13.1. The number of halogens is 1. The number of aryl methyl sites for hydroxylation is 3. The summed E-state index contributed by atoms with van der Waals surface area (Å²) in [5, 5.41) is 10.00. The molecule has 0 amide bonds. The molecule has 138 valence electrons. The minimum absolute atomic E-state index is 0.0128. The molecular formula is C24H23BrO2. The fourth-order valence-electron chi connectivity index (χ4n) is 3.50. The number of ketones is 1. The summed E-state index contributed by atoms with van der Waals surface area (Å²) >= 11 is 3.48. The van der Waals surface area contributed by atoms with Gasteiger partial charge < -0.3 is 5.11 Å². The van der Waals surface area contributed by atoms with E-state index in [1.807, 2.05) is 38.1 Å². The van der Waals surface area contributed by atoms with Crippen molar-refractivity contribution in [2.45, 2.75) is 33.1 Å². The number of carbonyl (C=O) groups is 1. The van der Waals surface area contributed by atoms with Crippen LogP contribution in [-0.4, -0.2) is 10.9 Å². The largest absolute Gasteiger partial charge is 0.507 e. The van der Waals surface area contributed by atoms with E-state index >= 15 is 0 Å². The van der Waals surface area contributed by atoms with E-state index in [4.69, 9.17) is 0 Å². The summed E-state index contributed by atoms with van der Waals surface area (Å²) < 4.78 is 1.02. The monoisotopic (exact) mass is 422 g/mol. The molecule has 0 aliphatic heterocycles. The van der Waals surface area contributed by atoms with E-state index in [-0.39, 0.29) is 17.5 Å². The van der Waals surface area contributed by atoms with Crippen LogP contribution in [0.2, 0.25) is 0 Å². The quantitative estimate of drug-likeness (QED) is 0.477. The third-order valence-electron chi connectivity index (χ3n) is 5.04. The summed E-state index contributed by atoms with van der Waals surface area (Å²) in [6.45, 7) is 5.74. The molecule has 0 aliphatic rings. The summed E-state index contributed by atoms with van der Waals surface area (Å²) in [5.41, 5.74) is 5.58. The fraction of sp³-hybridized carbons (Fsp3) is 0.208. The zero-order chi connectivity index (χ0) is 19.6. The molecule has 2 nitrogen and oxygen atoms in total. The highest BCUT2D eigenvalue weighted by Gasteiger charge is 2.21. The van der Waals surface area contributed by atoms with Gasteiger partial charge in [0.1, 0.15) is 5.75 Å². The summed E-state index contributed by atoms with van der Waals surface area (Å²) in [7, 11) is 0. The van der Waals surface area contributed by atoms with Gasteiger partial charge in [-0.1, -0.05) is 52.3 Å². The van der Waals surface area contributed by atoms with E-state index in [1.54, 1.807) is 12.1 Å². The lowest BCUT2D eigenvalue weighted by atomic mass is 9.83. The Hall–Kier alpha value is -2.39. The second-order valence-corrected chi connectivity index (χ2v) is 7.96. The average molecular weight is 423 g/mol. The fourth-order valence-corrected chi connectivity index (χ4v) is 3.76. The standard InChI is InChI=1S/C24H23BrO2/c1-15-6-4-5-7-21(15)22(18-8-10-20(25)11-9-18)14-23(26)19-12-16(2)24(27)17(3)13-19/h4-13,22,27H,14H2,1-3H3. The Morgan fingerprint density at radius 3 is 2.11 bits per heavy atom. The first kappa shape index (κ1) is 19.4. The van der Waals surface area contributed by atoms with Crippen LogP contribution >= 0.6 is 15.9 Å². The Balaban J connectivity index is 2.00. The number of Topliss-reactive ketones (excluding diaryl/α,β-unsaturated/α-hetero) is 1. The van der Waals surface area contributed by atoms with Crippen LogP contribution < -0.4 is 0 Å². The lowest BCUT2D eigenvalue weighted by Crippen LogP contribution is -2.11. The van der Waals surface area contributed by atoms with Gasteiger partial charge in [0.25, 0.3) is 0 Å². The highest BCUT2D eigenvalue weighted by Crippen LogP contribution is 2.33. The van der Waals surface area contributed by atoms with Gasteiger partial charge in [-0.3, -0.25) is 4.79 Å². The van der Waals surface area contributed by atoms with Gasteiger partial charge >= 0.3 is 0 Å². The minimum atomic E-state index is -0.0128. The van der Waals surface area contributed by atoms with Crippen molar-refractivity contribution in [1.29, 1.82) is 0 Å². The Morgan fingerprint density at radius 2 is 1.52 bits per heavy atom. The van der Waals surface area contributed by atoms with E-state index in [0.717, 1.165) is 21.2 Å². The number of hydrogen-bond acceptors (Lipinski definition) is 2. The number of phenolic OH excluding ortho intramolecular Hbond substituents is 1. The summed E-state index contributed by atoms with van der Waals surface area (Å²) in [6, 6.07) is 20.0. The van der Waals surface area contributed by atoms with Crippen LogP contribution in [0.15, 0.2) is 65.1 Å². The molecule has 0 aromatic heterocycles. The average Bonchev–Trinajstić information content (AvgIpc) is 2.65. The van der Waals surface area contributed by atoms with Crippen molar-refractivity contribution in [1.82, 2.24) is 0 Å². The van der Waals surface area contributed by atoms with Crippen LogP contribution in [0.1, 0.15) is 50.5 Å². The van der Waals surface area contributed by atoms with Gasteiger partial charge in [-0.05, 0) is 72.9 Å². The van der Waals surface area contributed by atoms with Crippen LogP contribution in [-0.2, 0) is 0 Å². The number of aromatic hydroxyl groups is 1. The van der Waals surface area contributed by atoms with E-state index in [9.17, 15) is 9.90 Å². The van der Waals surface area contributed by atoms with Gasteiger partial charge in [-0.2, -0.15) is 0 Å². The first-order valence-corrected chi connectivity index (χ1v) is 9.80. The zero-order valence-electron chi connectivity index (χ0n) is 15.8. The topological polar surface area (TPSA) is 37.3 Å². The van der Waals surface area contributed by atoms with Crippen molar-refractivity contribution < 1.29 is 9.90 Å². The number of benzene rings is 3. The van der Waals surface area contributed by atoms with Crippen molar-refractivity contribution >= 4 is 21.7 Å². The van der Waals surface area contributed by atoms with Gasteiger partial charge in [0.2, 0.25) is 0 Å². The predicted octanol–water partition coefficient (Wildman–Crippen LogP) is 6.48. The lowest BCUT2D eigenvalue weighted by Gasteiger charge is -2.20. The van der Waals surface area contributed by atoms with Crippen molar-refractivity contribution in [2.75, 3.05) is 0 Å². The summed E-state index contributed by atoms with van der Waals surface area (Å²) in [6.07, 6.45) is 0.385.